The summed E-state index contributed by atoms with van der Waals surface area (Å²) in [5, 5.41) is 17.6. The van der Waals surface area contributed by atoms with E-state index in [0.717, 1.165) is 0 Å². The average Bonchev–Trinajstić information content (AvgIpc) is 2.87. The molecule has 6 nitrogen and oxygen atoms in total. The second-order valence-electron chi connectivity index (χ2n) is 4.80. The van der Waals surface area contributed by atoms with Crippen LogP contribution in [0.15, 0.2) is 29.2 Å². The molecule has 0 aromatic heterocycles. The molecule has 0 radical (unpaired) electrons. The van der Waals surface area contributed by atoms with Gasteiger partial charge in [-0.05, 0) is 43.5 Å². The van der Waals surface area contributed by atoms with Crippen molar-refractivity contribution in [3.8, 4) is 6.07 Å². The van der Waals surface area contributed by atoms with E-state index in [-0.39, 0.29) is 10.9 Å². The Labute approximate surface area is 117 Å². The second kappa shape index (κ2) is 5.61. The lowest BCUT2D eigenvalue weighted by Gasteiger charge is -2.13. The number of nitrogens with zero attached hydrogens (tertiary/aromatic N) is 1. The fraction of sp³-hybridized carbons (Fsp3) is 0.385. The third-order valence-corrected chi connectivity index (χ3v) is 4.93. The molecule has 1 fully saturated rings. The minimum Gasteiger partial charge on any atom is -0.481 e. The molecule has 2 N–H and O–H groups in total. The van der Waals surface area contributed by atoms with Gasteiger partial charge in [-0.3, -0.25) is 4.79 Å². The van der Waals surface area contributed by atoms with Crippen LogP contribution >= 0.6 is 0 Å². The van der Waals surface area contributed by atoms with E-state index < -0.39 is 21.9 Å². The van der Waals surface area contributed by atoms with Gasteiger partial charge in [0, 0.05) is 6.04 Å². The molecule has 0 heterocycles. The first kappa shape index (κ1) is 14.5. The van der Waals surface area contributed by atoms with E-state index in [2.05, 4.69) is 4.72 Å². The van der Waals surface area contributed by atoms with Crippen molar-refractivity contribution in [1.29, 1.82) is 5.26 Å². The number of sulfonamides is 1. The molecule has 0 spiro atoms. The van der Waals surface area contributed by atoms with Gasteiger partial charge in [0.05, 0.1) is 22.4 Å². The van der Waals surface area contributed by atoms with Crippen LogP contribution in [-0.4, -0.2) is 25.5 Å². The molecule has 1 saturated carbocycles. The summed E-state index contributed by atoms with van der Waals surface area (Å²) in [6.45, 7) is 0. The molecule has 1 aliphatic rings. The fourth-order valence-corrected chi connectivity index (χ4v) is 3.59. The van der Waals surface area contributed by atoms with Crippen molar-refractivity contribution in [2.75, 3.05) is 0 Å². The third kappa shape index (κ3) is 3.15. The highest BCUT2D eigenvalue weighted by Crippen LogP contribution is 2.27. The van der Waals surface area contributed by atoms with Crippen LogP contribution in [0.25, 0.3) is 0 Å². The molecule has 0 aliphatic heterocycles. The quantitative estimate of drug-likeness (QED) is 0.864. The third-order valence-electron chi connectivity index (χ3n) is 3.40. The van der Waals surface area contributed by atoms with E-state index >= 15 is 0 Å². The first-order valence-corrected chi connectivity index (χ1v) is 7.66. The van der Waals surface area contributed by atoms with Crippen LogP contribution < -0.4 is 4.72 Å². The Morgan fingerprint density at radius 1 is 1.30 bits per heavy atom. The molecular weight excluding hydrogens is 280 g/mol. The standard InChI is InChI=1S/C13H14N2O4S/c14-8-9-1-5-12(6-2-9)20(18,19)15-11-4-3-10(7-11)13(16)17/h1-2,5-6,10-11,15H,3-4,7H2,(H,16,17). The van der Waals surface area contributed by atoms with Crippen molar-refractivity contribution >= 4 is 16.0 Å². The van der Waals surface area contributed by atoms with Crippen LogP contribution in [0.1, 0.15) is 24.8 Å². The molecule has 2 atom stereocenters. The van der Waals surface area contributed by atoms with Gasteiger partial charge in [-0.1, -0.05) is 0 Å². The van der Waals surface area contributed by atoms with Crippen LogP contribution in [0, 0.1) is 17.2 Å². The molecule has 0 bridgehead atoms. The van der Waals surface area contributed by atoms with E-state index in [1.54, 1.807) is 0 Å². The maximum Gasteiger partial charge on any atom is 0.306 e. The molecule has 0 saturated heterocycles. The van der Waals surface area contributed by atoms with Crippen LogP contribution in [-0.2, 0) is 14.8 Å². The minimum absolute atomic E-state index is 0.0790. The van der Waals surface area contributed by atoms with Gasteiger partial charge in [0.25, 0.3) is 0 Å². The Balaban J connectivity index is 2.08. The number of nitrogens with one attached hydrogen (secondary N) is 1. The van der Waals surface area contributed by atoms with Crippen molar-refractivity contribution in [3.05, 3.63) is 29.8 Å². The Morgan fingerprint density at radius 2 is 1.95 bits per heavy atom. The summed E-state index contributed by atoms with van der Waals surface area (Å²) in [5.41, 5.74) is 0.385. The Kier molecular flexibility index (Phi) is 4.06. The lowest BCUT2D eigenvalue weighted by atomic mass is 10.1. The summed E-state index contributed by atoms with van der Waals surface area (Å²) in [6.07, 6.45) is 1.31. The van der Waals surface area contributed by atoms with Gasteiger partial charge < -0.3 is 5.11 Å². The van der Waals surface area contributed by atoms with Gasteiger partial charge in [-0.2, -0.15) is 5.26 Å². The first-order valence-electron chi connectivity index (χ1n) is 6.17. The number of nitriles is 1. The lowest BCUT2D eigenvalue weighted by Crippen LogP contribution is -2.33. The maximum absolute atomic E-state index is 12.1. The van der Waals surface area contributed by atoms with Crippen molar-refractivity contribution < 1.29 is 18.3 Å². The van der Waals surface area contributed by atoms with Crippen molar-refractivity contribution in [2.45, 2.75) is 30.2 Å². The van der Waals surface area contributed by atoms with E-state index in [1.807, 2.05) is 6.07 Å². The minimum atomic E-state index is -3.67. The van der Waals surface area contributed by atoms with E-state index in [9.17, 15) is 13.2 Å². The maximum atomic E-state index is 12.1. The molecule has 106 valence electrons. The summed E-state index contributed by atoms with van der Waals surface area (Å²) in [7, 11) is -3.67. The highest BCUT2D eigenvalue weighted by atomic mass is 32.2. The largest absolute Gasteiger partial charge is 0.481 e. The predicted molar refractivity (Wildman–Crippen MR) is 70.2 cm³/mol. The molecule has 1 aromatic carbocycles. The van der Waals surface area contributed by atoms with Crippen LogP contribution in [0.5, 0.6) is 0 Å². The Bertz CT molecular complexity index is 646. The summed E-state index contributed by atoms with van der Waals surface area (Å²) >= 11 is 0. The monoisotopic (exact) mass is 294 g/mol. The van der Waals surface area contributed by atoms with Crippen molar-refractivity contribution in [3.63, 3.8) is 0 Å². The number of carboxylic acids is 1. The zero-order valence-corrected chi connectivity index (χ0v) is 11.4. The van der Waals surface area contributed by atoms with Crippen LogP contribution in [0.4, 0.5) is 0 Å². The van der Waals surface area contributed by atoms with Gasteiger partial charge in [-0.15, -0.1) is 0 Å². The molecule has 0 amide bonds. The summed E-state index contributed by atoms with van der Waals surface area (Å²) in [4.78, 5) is 10.9. The molecular formula is C13H14N2O4S. The smallest absolute Gasteiger partial charge is 0.306 e. The van der Waals surface area contributed by atoms with E-state index in [1.165, 1.54) is 24.3 Å². The molecule has 2 unspecified atom stereocenters. The van der Waals surface area contributed by atoms with E-state index in [0.29, 0.717) is 24.8 Å². The fourth-order valence-electron chi connectivity index (χ4n) is 2.31. The number of rotatable bonds is 4. The Hall–Kier alpha value is -1.91. The van der Waals surface area contributed by atoms with Crippen LogP contribution in [0.2, 0.25) is 0 Å². The number of hydrogen-bond acceptors (Lipinski definition) is 4. The second-order valence-corrected chi connectivity index (χ2v) is 6.52. The number of aliphatic carboxylic acids is 1. The summed E-state index contributed by atoms with van der Waals surface area (Å²) in [5.74, 6) is -1.37. The van der Waals surface area contributed by atoms with Crippen LogP contribution in [0.3, 0.4) is 0 Å². The molecule has 2 rings (SSSR count). The molecule has 7 heteroatoms. The lowest BCUT2D eigenvalue weighted by molar-refractivity contribution is -0.141. The predicted octanol–water partition coefficient (Wildman–Crippen LogP) is 1.09. The normalized spacial score (nSPS) is 22.4. The number of benzene rings is 1. The first-order chi connectivity index (χ1) is 9.42. The van der Waals surface area contributed by atoms with Gasteiger partial charge in [0.15, 0.2) is 0 Å². The summed E-state index contributed by atoms with van der Waals surface area (Å²) < 4.78 is 26.8. The van der Waals surface area contributed by atoms with Gasteiger partial charge in [0.2, 0.25) is 10.0 Å². The van der Waals surface area contributed by atoms with Gasteiger partial charge >= 0.3 is 5.97 Å². The SMILES string of the molecule is N#Cc1ccc(S(=O)(=O)NC2CCC(C(=O)O)C2)cc1. The average molecular weight is 294 g/mol. The Morgan fingerprint density at radius 3 is 2.45 bits per heavy atom. The van der Waals surface area contributed by atoms with Crippen molar-refractivity contribution in [1.82, 2.24) is 4.72 Å². The molecule has 1 aromatic rings. The van der Waals surface area contributed by atoms with E-state index in [4.69, 9.17) is 10.4 Å². The zero-order valence-electron chi connectivity index (χ0n) is 10.6. The molecule has 20 heavy (non-hydrogen) atoms. The molecule has 1 aliphatic carbocycles. The van der Waals surface area contributed by atoms with Gasteiger partial charge in [-0.25, -0.2) is 13.1 Å². The number of carbonyl (C=O) groups is 1. The summed E-state index contributed by atoms with van der Waals surface area (Å²) in [6, 6.07) is 7.17. The topological polar surface area (TPSA) is 107 Å². The number of carboxylic acid groups (broad SMARTS) is 1. The highest BCUT2D eigenvalue weighted by molar-refractivity contribution is 7.89. The highest BCUT2D eigenvalue weighted by Gasteiger charge is 2.32. The zero-order chi connectivity index (χ0) is 14.8. The van der Waals surface area contributed by atoms with Crippen molar-refractivity contribution in [2.24, 2.45) is 5.92 Å². The van der Waals surface area contributed by atoms with Gasteiger partial charge in [0.1, 0.15) is 0 Å². The number of hydrogen-bond donors (Lipinski definition) is 2.